The van der Waals surface area contributed by atoms with E-state index in [1.54, 1.807) is 12.3 Å². The van der Waals surface area contributed by atoms with Crippen LogP contribution in [0.2, 0.25) is 0 Å². The van der Waals surface area contributed by atoms with Crippen LogP contribution < -0.4 is 5.32 Å². The summed E-state index contributed by atoms with van der Waals surface area (Å²) in [5.74, 6) is -1.15. The summed E-state index contributed by atoms with van der Waals surface area (Å²) in [5.41, 5.74) is 2.06. The second-order valence-electron chi connectivity index (χ2n) is 3.98. The topological polar surface area (TPSA) is 79.3 Å². The molecule has 0 aliphatic heterocycles. The number of carboxylic acids is 1. The molecule has 0 saturated carbocycles. The van der Waals surface area contributed by atoms with Gasteiger partial charge in [-0.2, -0.15) is 11.3 Å². The first-order chi connectivity index (χ1) is 8.99. The van der Waals surface area contributed by atoms with Gasteiger partial charge in [0.05, 0.1) is 17.8 Å². The fraction of sp³-hybridized carbons (Fsp3) is 0.250. The molecule has 19 heavy (non-hydrogen) atoms. The Balaban J connectivity index is 2.03. The summed E-state index contributed by atoms with van der Waals surface area (Å²) in [6.07, 6.45) is 0. The Kier molecular flexibility index (Phi) is 3.96. The summed E-state index contributed by atoms with van der Waals surface area (Å²) >= 11 is 2.56. The maximum absolute atomic E-state index is 11.9. The minimum Gasteiger partial charge on any atom is -0.477 e. The van der Waals surface area contributed by atoms with Crippen LogP contribution in [0.3, 0.4) is 0 Å². The van der Waals surface area contributed by atoms with Crippen LogP contribution in [-0.4, -0.2) is 22.0 Å². The van der Waals surface area contributed by atoms with Crippen LogP contribution in [0.25, 0.3) is 0 Å². The number of thiophene rings is 1. The number of thiazole rings is 1. The van der Waals surface area contributed by atoms with Crippen molar-refractivity contribution in [3.63, 3.8) is 0 Å². The Hall–Kier alpha value is -1.73. The SMILES string of the molecule is Cc1cscc1C(=O)NCc1nc(C)c(C(=O)O)s1. The van der Waals surface area contributed by atoms with E-state index in [0.29, 0.717) is 16.3 Å². The third-order valence-electron chi connectivity index (χ3n) is 2.54. The van der Waals surface area contributed by atoms with E-state index in [1.165, 1.54) is 11.3 Å². The molecule has 0 atom stereocenters. The fourth-order valence-electron chi connectivity index (χ4n) is 1.57. The molecule has 0 radical (unpaired) electrons. The van der Waals surface area contributed by atoms with Crippen LogP contribution in [0.4, 0.5) is 0 Å². The molecular formula is C12H12N2O3S2. The lowest BCUT2D eigenvalue weighted by Crippen LogP contribution is -2.22. The molecular weight excluding hydrogens is 284 g/mol. The third kappa shape index (κ3) is 2.99. The van der Waals surface area contributed by atoms with Crippen LogP contribution in [0, 0.1) is 13.8 Å². The van der Waals surface area contributed by atoms with Gasteiger partial charge < -0.3 is 10.4 Å². The summed E-state index contributed by atoms with van der Waals surface area (Å²) in [7, 11) is 0. The zero-order valence-electron chi connectivity index (χ0n) is 10.4. The fourth-order valence-corrected chi connectivity index (χ4v) is 3.24. The van der Waals surface area contributed by atoms with Gasteiger partial charge in [-0.05, 0) is 24.8 Å². The molecule has 0 aliphatic carbocycles. The van der Waals surface area contributed by atoms with E-state index < -0.39 is 5.97 Å². The number of amides is 1. The van der Waals surface area contributed by atoms with Crippen molar-refractivity contribution in [3.05, 3.63) is 37.5 Å². The van der Waals surface area contributed by atoms with Gasteiger partial charge >= 0.3 is 5.97 Å². The molecule has 2 heterocycles. The van der Waals surface area contributed by atoms with Gasteiger partial charge in [-0.25, -0.2) is 9.78 Å². The van der Waals surface area contributed by atoms with E-state index in [4.69, 9.17) is 5.11 Å². The number of carboxylic acid groups (broad SMARTS) is 1. The van der Waals surface area contributed by atoms with Crippen LogP contribution >= 0.6 is 22.7 Å². The van der Waals surface area contributed by atoms with Crippen molar-refractivity contribution in [2.24, 2.45) is 0 Å². The second-order valence-corrected chi connectivity index (χ2v) is 5.81. The summed E-state index contributed by atoms with van der Waals surface area (Å²) in [6.45, 7) is 3.77. The number of nitrogens with zero attached hydrogens (tertiary/aromatic N) is 1. The predicted octanol–water partition coefficient (Wildman–Crippen LogP) is 2.45. The molecule has 0 aromatic carbocycles. The van der Waals surface area contributed by atoms with E-state index >= 15 is 0 Å². The molecule has 7 heteroatoms. The van der Waals surface area contributed by atoms with Gasteiger partial charge in [-0.3, -0.25) is 4.79 Å². The number of hydrogen-bond donors (Lipinski definition) is 2. The molecule has 0 saturated heterocycles. The third-order valence-corrected chi connectivity index (χ3v) is 4.54. The number of nitrogens with one attached hydrogen (secondary N) is 1. The number of carbonyl (C=O) groups is 2. The van der Waals surface area contributed by atoms with Gasteiger partial charge in [0.2, 0.25) is 0 Å². The second kappa shape index (κ2) is 5.50. The number of hydrogen-bond acceptors (Lipinski definition) is 5. The average molecular weight is 296 g/mol. The zero-order valence-corrected chi connectivity index (χ0v) is 12.0. The number of aryl methyl sites for hydroxylation is 2. The highest BCUT2D eigenvalue weighted by molar-refractivity contribution is 7.13. The van der Waals surface area contributed by atoms with E-state index in [9.17, 15) is 9.59 Å². The first kappa shape index (κ1) is 13.7. The number of rotatable bonds is 4. The Morgan fingerprint density at radius 2 is 2.11 bits per heavy atom. The molecule has 0 aliphatic rings. The van der Waals surface area contributed by atoms with Crippen molar-refractivity contribution in [1.82, 2.24) is 10.3 Å². The van der Waals surface area contributed by atoms with Crippen LogP contribution in [-0.2, 0) is 6.54 Å². The molecule has 100 valence electrons. The maximum Gasteiger partial charge on any atom is 0.347 e. The predicted molar refractivity (Wildman–Crippen MR) is 74.0 cm³/mol. The highest BCUT2D eigenvalue weighted by atomic mass is 32.1. The van der Waals surface area contributed by atoms with E-state index in [-0.39, 0.29) is 17.3 Å². The summed E-state index contributed by atoms with van der Waals surface area (Å²) < 4.78 is 0. The van der Waals surface area contributed by atoms with E-state index in [0.717, 1.165) is 16.9 Å². The van der Waals surface area contributed by atoms with Gasteiger partial charge in [0.15, 0.2) is 0 Å². The lowest BCUT2D eigenvalue weighted by atomic mass is 10.2. The highest BCUT2D eigenvalue weighted by Crippen LogP contribution is 2.18. The average Bonchev–Trinajstić information content (AvgIpc) is 2.92. The minimum absolute atomic E-state index is 0.163. The van der Waals surface area contributed by atoms with Gasteiger partial charge in [0.1, 0.15) is 9.88 Å². The van der Waals surface area contributed by atoms with Crippen molar-refractivity contribution in [1.29, 1.82) is 0 Å². The Bertz CT molecular complexity index is 631. The largest absolute Gasteiger partial charge is 0.477 e. The quantitative estimate of drug-likeness (QED) is 0.908. The highest BCUT2D eigenvalue weighted by Gasteiger charge is 2.15. The van der Waals surface area contributed by atoms with Crippen molar-refractivity contribution in [2.45, 2.75) is 20.4 Å². The molecule has 5 nitrogen and oxygen atoms in total. The van der Waals surface area contributed by atoms with Gasteiger partial charge in [-0.1, -0.05) is 0 Å². The Morgan fingerprint density at radius 1 is 1.37 bits per heavy atom. The first-order valence-corrected chi connectivity index (χ1v) is 7.25. The number of carbonyl (C=O) groups excluding carboxylic acids is 1. The first-order valence-electron chi connectivity index (χ1n) is 5.49. The normalized spacial score (nSPS) is 10.4. The van der Waals surface area contributed by atoms with Crippen molar-refractivity contribution in [3.8, 4) is 0 Å². The Labute approximate surface area is 117 Å². The zero-order chi connectivity index (χ0) is 14.0. The van der Waals surface area contributed by atoms with Gasteiger partial charge in [0.25, 0.3) is 5.91 Å². The maximum atomic E-state index is 11.9. The van der Waals surface area contributed by atoms with E-state index in [2.05, 4.69) is 10.3 Å². The molecule has 2 rings (SSSR count). The van der Waals surface area contributed by atoms with Gasteiger partial charge in [-0.15, -0.1) is 11.3 Å². The minimum atomic E-state index is -0.985. The Morgan fingerprint density at radius 3 is 2.63 bits per heavy atom. The van der Waals surface area contributed by atoms with Crippen molar-refractivity contribution < 1.29 is 14.7 Å². The molecule has 0 spiro atoms. The standard InChI is InChI=1S/C12H12N2O3S2/c1-6-4-18-5-8(6)11(15)13-3-9-14-7(2)10(19-9)12(16)17/h4-5H,3H2,1-2H3,(H,13,15)(H,16,17). The molecule has 2 aromatic heterocycles. The summed E-state index contributed by atoms with van der Waals surface area (Å²) in [4.78, 5) is 27.1. The number of aromatic nitrogens is 1. The lowest BCUT2D eigenvalue weighted by Gasteiger charge is -2.01. The van der Waals surface area contributed by atoms with Crippen LogP contribution in [0.15, 0.2) is 10.8 Å². The van der Waals surface area contributed by atoms with Crippen molar-refractivity contribution in [2.75, 3.05) is 0 Å². The molecule has 0 unspecified atom stereocenters. The van der Waals surface area contributed by atoms with Crippen molar-refractivity contribution >= 4 is 34.6 Å². The molecule has 0 fully saturated rings. The number of aromatic carboxylic acids is 1. The lowest BCUT2D eigenvalue weighted by molar-refractivity contribution is 0.0701. The van der Waals surface area contributed by atoms with Gasteiger partial charge in [0, 0.05) is 5.38 Å². The van der Waals surface area contributed by atoms with E-state index in [1.807, 2.05) is 12.3 Å². The molecule has 1 amide bonds. The van der Waals surface area contributed by atoms with Crippen LogP contribution in [0.1, 0.15) is 36.3 Å². The summed E-state index contributed by atoms with van der Waals surface area (Å²) in [5, 5.41) is 16.0. The molecule has 2 N–H and O–H groups in total. The molecule has 2 aromatic rings. The smallest absolute Gasteiger partial charge is 0.347 e. The monoisotopic (exact) mass is 296 g/mol. The summed E-state index contributed by atoms with van der Waals surface area (Å²) in [6, 6.07) is 0. The molecule has 0 bridgehead atoms. The van der Waals surface area contributed by atoms with Crippen LogP contribution in [0.5, 0.6) is 0 Å².